The van der Waals surface area contributed by atoms with Gasteiger partial charge in [-0.15, -0.1) is 0 Å². The molecule has 10 nitrogen and oxygen atoms in total. The normalized spacial score (nSPS) is 15.1. The number of nitrogens with zero attached hydrogens (tertiary/aromatic N) is 2. The predicted molar refractivity (Wildman–Crippen MR) is 112 cm³/mol. The molecule has 1 aromatic heterocycles. The summed E-state index contributed by atoms with van der Waals surface area (Å²) in [4.78, 5) is 26.1. The van der Waals surface area contributed by atoms with Crippen molar-refractivity contribution in [2.75, 3.05) is 26.3 Å². The number of amides is 1. The number of hydrogen-bond donors (Lipinski definition) is 2. The second-order valence-corrected chi connectivity index (χ2v) is 8.96. The Hall–Kier alpha value is -3.28. The number of benzene rings is 2. The van der Waals surface area contributed by atoms with Gasteiger partial charge in [0.25, 0.3) is 11.6 Å². The Kier molecular flexibility index (Phi) is 5.72. The van der Waals surface area contributed by atoms with E-state index < -0.39 is 20.9 Å². The fourth-order valence-electron chi connectivity index (χ4n) is 3.41. The van der Waals surface area contributed by atoms with Crippen molar-refractivity contribution in [3.05, 3.63) is 69.9 Å². The monoisotopic (exact) mass is 444 g/mol. The number of nitro benzene ring substituents is 1. The number of nitrogens with one attached hydrogen (secondary N) is 2. The summed E-state index contributed by atoms with van der Waals surface area (Å²) in [6.45, 7) is 1.57. The lowest BCUT2D eigenvalue weighted by atomic mass is 10.2. The van der Waals surface area contributed by atoms with Gasteiger partial charge in [-0.2, -0.15) is 4.31 Å². The number of carbonyl (C=O) groups is 1. The van der Waals surface area contributed by atoms with E-state index in [0.29, 0.717) is 31.7 Å². The van der Waals surface area contributed by atoms with Crippen LogP contribution in [0, 0.1) is 10.1 Å². The van der Waals surface area contributed by atoms with Gasteiger partial charge in [0, 0.05) is 31.1 Å². The number of H-pyrrole nitrogens is 1. The van der Waals surface area contributed by atoms with Crippen molar-refractivity contribution in [3.8, 4) is 0 Å². The minimum Gasteiger partial charge on any atom is -0.379 e. The second-order valence-electron chi connectivity index (χ2n) is 7.02. The van der Waals surface area contributed by atoms with E-state index in [9.17, 15) is 23.3 Å². The van der Waals surface area contributed by atoms with Crippen LogP contribution in [0.4, 0.5) is 5.69 Å². The van der Waals surface area contributed by atoms with Crippen molar-refractivity contribution in [1.82, 2.24) is 14.6 Å². The van der Waals surface area contributed by atoms with E-state index in [4.69, 9.17) is 4.74 Å². The van der Waals surface area contributed by atoms with E-state index in [2.05, 4.69) is 10.3 Å². The third-order valence-corrected chi connectivity index (χ3v) is 6.97. The zero-order chi connectivity index (χ0) is 22.0. The van der Waals surface area contributed by atoms with Crippen LogP contribution in [0.25, 0.3) is 10.9 Å². The summed E-state index contributed by atoms with van der Waals surface area (Å²) in [6.07, 6.45) is 0. The Bertz CT molecular complexity index is 1230. The lowest BCUT2D eigenvalue weighted by Gasteiger charge is -2.26. The third-order valence-electron chi connectivity index (χ3n) is 5.06. The largest absolute Gasteiger partial charge is 0.379 e. The smallest absolute Gasteiger partial charge is 0.293 e. The Morgan fingerprint density at radius 3 is 2.55 bits per heavy atom. The molecular formula is C20H20N4O6S. The fourth-order valence-corrected chi connectivity index (χ4v) is 4.82. The molecule has 0 saturated carbocycles. The van der Waals surface area contributed by atoms with Gasteiger partial charge < -0.3 is 15.0 Å². The molecule has 0 atom stereocenters. The van der Waals surface area contributed by atoms with Gasteiger partial charge in [0.15, 0.2) is 0 Å². The van der Waals surface area contributed by atoms with Crippen LogP contribution in [0.15, 0.2) is 53.4 Å². The van der Waals surface area contributed by atoms with Crippen molar-refractivity contribution in [2.24, 2.45) is 0 Å². The first kappa shape index (κ1) is 21.0. The molecule has 0 aliphatic carbocycles. The van der Waals surface area contributed by atoms with Gasteiger partial charge in [-0.25, -0.2) is 8.42 Å². The number of non-ortho nitro benzene ring substituents is 1. The minimum atomic E-state index is -3.57. The highest BCUT2D eigenvalue weighted by Gasteiger charge is 2.26. The van der Waals surface area contributed by atoms with Crippen LogP contribution in [0.3, 0.4) is 0 Å². The van der Waals surface area contributed by atoms with E-state index in [-0.39, 0.29) is 28.3 Å². The van der Waals surface area contributed by atoms with Crippen LogP contribution in [0.1, 0.15) is 16.1 Å². The zero-order valence-corrected chi connectivity index (χ0v) is 17.2. The molecule has 31 heavy (non-hydrogen) atoms. The molecule has 4 rings (SSSR count). The van der Waals surface area contributed by atoms with Crippen LogP contribution in [0.2, 0.25) is 0 Å². The fraction of sp³-hybridized carbons (Fsp3) is 0.250. The number of aromatic amines is 1. The van der Waals surface area contributed by atoms with Crippen molar-refractivity contribution >= 4 is 32.5 Å². The SMILES string of the molecule is O=C(NCc1ccc(S(=O)(=O)N2CCOCC2)cc1)c1cc2cccc([N+](=O)[O-])c2[nH]1. The van der Waals surface area contributed by atoms with Gasteiger partial charge in [-0.05, 0) is 23.8 Å². The van der Waals surface area contributed by atoms with Crippen LogP contribution in [-0.4, -0.2) is 54.8 Å². The summed E-state index contributed by atoms with van der Waals surface area (Å²) < 4.78 is 31.9. The molecule has 3 aromatic rings. The van der Waals surface area contributed by atoms with Crippen molar-refractivity contribution in [2.45, 2.75) is 11.4 Å². The van der Waals surface area contributed by atoms with Gasteiger partial charge in [0.2, 0.25) is 10.0 Å². The maximum absolute atomic E-state index is 12.7. The minimum absolute atomic E-state index is 0.103. The van der Waals surface area contributed by atoms with Crippen molar-refractivity contribution in [1.29, 1.82) is 0 Å². The van der Waals surface area contributed by atoms with E-state index in [1.54, 1.807) is 30.3 Å². The number of rotatable bonds is 6. The molecule has 1 fully saturated rings. The molecule has 1 aliphatic heterocycles. The second kappa shape index (κ2) is 8.46. The lowest BCUT2D eigenvalue weighted by molar-refractivity contribution is -0.383. The standard InChI is InChI=1S/C20H20N4O6S/c25-20(17-12-15-2-1-3-18(24(26)27)19(15)22-17)21-13-14-4-6-16(7-5-14)31(28,29)23-8-10-30-11-9-23/h1-7,12,22H,8-11,13H2,(H,21,25). The first-order valence-electron chi connectivity index (χ1n) is 9.57. The Labute approximate surface area is 178 Å². The number of hydrogen-bond acceptors (Lipinski definition) is 6. The quantitative estimate of drug-likeness (QED) is 0.441. The lowest BCUT2D eigenvalue weighted by Crippen LogP contribution is -2.40. The Morgan fingerprint density at radius 1 is 1.16 bits per heavy atom. The molecule has 1 amide bonds. The summed E-state index contributed by atoms with van der Waals surface area (Å²) in [5, 5.41) is 14.4. The molecule has 1 saturated heterocycles. The van der Waals surface area contributed by atoms with Crippen LogP contribution in [0.5, 0.6) is 0 Å². The number of nitro groups is 1. The van der Waals surface area contributed by atoms with E-state index in [1.165, 1.54) is 22.5 Å². The summed E-state index contributed by atoms with van der Waals surface area (Å²) in [5.74, 6) is -0.421. The molecular weight excluding hydrogens is 424 g/mol. The molecule has 1 aliphatic rings. The highest BCUT2D eigenvalue weighted by Crippen LogP contribution is 2.25. The Morgan fingerprint density at radius 2 is 1.87 bits per heavy atom. The molecule has 0 spiro atoms. The van der Waals surface area contributed by atoms with Crippen LogP contribution >= 0.6 is 0 Å². The van der Waals surface area contributed by atoms with Gasteiger partial charge in [0.05, 0.1) is 23.0 Å². The summed E-state index contributed by atoms with van der Waals surface area (Å²) in [7, 11) is -3.57. The molecule has 0 radical (unpaired) electrons. The van der Waals surface area contributed by atoms with E-state index in [0.717, 1.165) is 5.56 Å². The number of ether oxygens (including phenoxy) is 1. The Balaban J connectivity index is 1.43. The van der Waals surface area contributed by atoms with Crippen LogP contribution < -0.4 is 5.32 Å². The summed E-state index contributed by atoms with van der Waals surface area (Å²) >= 11 is 0. The summed E-state index contributed by atoms with van der Waals surface area (Å²) in [5.41, 5.74) is 1.11. The third kappa shape index (κ3) is 4.29. The molecule has 11 heteroatoms. The number of carbonyl (C=O) groups excluding carboxylic acids is 1. The first-order valence-corrected chi connectivity index (χ1v) is 11.0. The summed E-state index contributed by atoms with van der Waals surface area (Å²) in [6, 6.07) is 12.5. The molecule has 0 bridgehead atoms. The molecule has 0 unspecified atom stereocenters. The maximum atomic E-state index is 12.7. The van der Waals surface area contributed by atoms with Crippen LogP contribution in [-0.2, 0) is 21.3 Å². The first-order chi connectivity index (χ1) is 14.9. The molecule has 2 aromatic carbocycles. The number of para-hydroxylation sites is 1. The maximum Gasteiger partial charge on any atom is 0.293 e. The number of aromatic nitrogens is 1. The van der Waals surface area contributed by atoms with Gasteiger partial charge >= 0.3 is 0 Å². The molecule has 2 heterocycles. The van der Waals surface area contributed by atoms with Gasteiger partial charge in [-0.3, -0.25) is 14.9 Å². The number of fused-ring (bicyclic) bond motifs is 1. The van der Waals surface area contributed by atoms with Gasteiger partial charge in [-0.1, -0.05) is 24.3 Å². The highest BCUT2D eigenvalue weighted by molar-refractivity contribution is 7.89. The van der Waals surface area contributed by atoms with E-state index in [1.807, 2.05) is 0 Å². The molecule has 2 N–H and O–H groups in total. The predicted octanol–water partition coefficient (Wildman–Crippen LogP) is 2.03. The number of sulfonamides is 1. The van der Waals surface area contributed by atoms with Crippen molar-refractivity contribution in [3.63, 3.8) is 0 Å². The average molecular weight is 444 g/mol. The van der Waals surface area contributed by atoms with Crippen molar-refractivity contribution < 1.29 is 22.9 Å². The van der Waals surface area contributed by atoms with Gasteiger partial charge in [0.1, 0.15) is 11.2 Å². The number of morpholine rings is 1. The molecule has 162 valence electrons. The average Bonchev–Trinajstić information content (AvgIpc) is 3.23. The topological polar surface area (TPSA) is 135 Å². The highest BCUT2D eigenvalue weighted by atomic mass is 32.2. The zero-order valence-electron chi connectivity index (χ0n) is 16.4. The van der Waals surface area contributed by atoms with E-state index >= 15 is 0 Å².